The van der Waals surface area contributed by atoms with E-state index < -0.39 is 5.91 Å². The largest absolute Gasteiger partial charge is 0.369 e. The number of likely N-dealkylation sites (tertiary alicyclic amines) is 1. The van der Waals surface area contributed by atoms with Gasteiger partial charge in [0.1, 0.15) is 0 Å². The second-order valence-corrected chi connectivity index (χ2v) is 8.63. The summed E-state index contributed by atoms with van der Waals surface area (Å²) < 4.78 is 0. The van der Waals surface area contributed by atoms with E-state index in [1.165, 1.54) is 17.3 Å². The maximum absolute atomic E-state index is 12.5. The highest BCUT2D eigenvalue weighted by atomic mass is 32.2. The average molecular weight is 428 g/mol. The summed E-state index contributed by atoms with van der Waals surface area (Å²) in [4.78, 5) is 34.7. The zero-order valence-corrected chi connectivity index (χ0v) is 18.4. The highest BCUT2D eigenvalue weighted by Gasteiger charge is 2.24. The van der Waals surface area contributed by atoms with E-state index in [9.17, 15) is 9.59 Å². The number of thioether (sulfide) groups is 1. The van der Waals surface area contributed by atoms with Gasteiger partial charge in [0, 0.05) is 43.5 Å². The van der Waals surface area contributed by atoms with Gasteiger partial charge in [-0.15, -0.1) is 0 Å². The summed E-state index contributed by atoms with van der Waals surface area (Å²) in [6.07, 6.45) is 1.99. The molecular weight excluding hydrogens is 398 g/mol. The molecule has 8 heteroatoms. The number of amides is 2. The summed E-state index contributed by atoms with van der Waals surface area (Å²) in [6.45, 7) is 6.62. The Kier molecular flexibility index (Phi) is 7.81. The normalized spacial score (nSPS) is 16.5. The lowest BCUT2D eigenvalue weighted by atomic mass is 10.1. The molecule has 2 aromatic rings. The van der Waals surface area contributed by atoms with E-state index in [2.05, 4.69) is 44.5 Å². The highest BCUT2D eigenvalue weighted by Crippen LogP contribution is 2.19. The van der Waals surface area contributed by atoms with Gasteiger partial charge < -0.3 is 11.1 Å². The molecule has 1 aromatic heterocycles. The summed E-state index contributed by atoms with van der Waals surface area (Å²) in [5.41, 5.74) is 9.16. The molecule has 3 rings (SSSR count). The molecule has 2 heterocycles. The van der Waals surface area contributed by atoms with Crippen LogP contribution in [0, 0.1) is 13.8 Å². The molecular formula is C22H29N5O2S. The Morgan fingerprint density at radius 1 is 1.20 bits per heavy atom. The summed E-state index contributed by atoms with van der Waals surface area (Å²) in [5, 5.41) is 3.71. The van der Waals surface area contributed by atoms with E-state index in [0.717, 1.165) is 43.0 Å². The van der Waals surface area contributed by atoms with Crippen LogP contribution in [-0.4, -0.2) is 51.6 Å². The second kappa shape index (κ2) is 10.5. The van der Waals surface area contributed by atoms with Gasteiger partial charge in [-0.2, -0.15) is 0 Å². The minimum atomic E-state index is -0.395. The van der Waals surface area contributed by atoms with Crippen molar-refractivity contribution in [2.45, 2.75) is 50.9 Å². The minimum Gasteiger partial charge on any atom is -0.369 e. The predicted octanol–water partition coefficient (Wildman–Crippen LogP) is 1.99. The number of benzene rings is 1. The summed E-state index contributed by atoms with van der Waals surface area (Å²) >= 11 is 1.23. The van der Waals surface area contributed by atoms with E-state index in [1.54, 1.807) is 0 Å². The van der Waals surface area contributed by atoms with Crippen molar-refractivity contribution in [1.29, 1.82) is 0 Å². The van der Waals surface area contributed by atoms with Gasteiger partial charge in [0.15, 0.2) is 5.16 Å². The molecule has 1 aliphatic rings. The van der Waals surface area contributed by atoms with Crippen molar-refractivity contribution in [3.8, 4) is 0 Å². The van der Waals surface area contributed by atoms with Gasteiger partial charge >= 0.3 is 0 Å². The number of primary amides is 1. The number of aromatic nitrogens is 2. The molecule has 30 heavy (non-hydrogen) atoms. The first-order chi connectivity index (χ1) is 14.4. The zero-order valence-electron chi connectivity index (χ0n) is 17.6. The number of aryl methyl sites for hydroxylation is 2. The topological polar surface area (TPSA) is 101 Å². The van der Waals surface area contributed by atoms with E-state index >= 15 is 0 Å². The van der Waals surface area contributed by atoms with Crippen LogP contribution in [0.2, 0.25) is 0 Å². The van der Waals surface area contributed by atoms with E-state index in [4.69, 9.17) is 5.73 Å². The fraction of sp³-hybridized carbons (Fsp3) is 0.455. The van der Waals surface area contributed by atoms with Crippen molar-refractivity contribution in [2.24, 2.45) is 5.73 Å². The standard InChI is InChI=1S/C22H29N5O2S/c1-15-19(16(2)25-22(24-15)30-14-20(23)28)8-9-21(29)26-18-10-11-27(13-18)12-17-6-4-3-5-7-17/h3-7,18H,8-14H2,1-2H3,(H2,23,28)(H,26,29)/t18-/m1/s1. The Morgan fingerprint density at radius 3 is 2.57 bits per heavy atom. The lowest BCUT2D eigenvalue weighted by molar-refractivity contribution is -0.121. The Bertz CT molecular complexity index is 867. The first-order valence-corrected chi connectivity index (χ1v) is 11.2. The smallest absolute Gasteiger partial charge is 0.227 e. The Balaban J connectivity index is 1.46. The maximum Gasteiger partial charge on any atom is 0.227 e. The quantitative estimate of drug-likeness (QED) is 0.469. The maximum atomic E-state index is 12.5. The van der Waals surface area contributed by atoms with Gasteiger partial charge in [-0.1, -0.05) is 42.1 Å². The molecule has 0 bridgehead atoms. The van der Waals surface area contributed by atoms with Crippen LogP contribution in [0.5, 0.6) is 0 Å². The van der Waals surface area contributed by atoms with Crippen molar-refractivity contribution in [2.75, 3.05) is 18.8 Å². The molecule has 0 spiro atoms. The highest BCUT2D eigenvalue weighted by molar-refractivity contribution is 7.99. The van der Waals surface area contributed by atoms with Crippen LogP contribution >= 0.6 is 11.8 Å². The lowest BCUT2D eigenvalue weighted by Gasteiger charge is -2.17. The molecule has 1 fully saturated rings. The number of hydrogen-bond donors (Lipinski definition) is 2. The Morgan fingerprint density at radius 2 is 1.90 bits per heavy atom. The van der Waals surface area contributed by atoms with Gasteiger partial charge in [-0.3, -0.25) is 14.5 Å². The summed E-state index contributed by atoms with van der Waals surface area (Å²) in [6, 6.07) is 10.6. The van der Waals surface area contributed by atoms with E-state index in [1.807, 2.05) is 19.9 Å². The third kappa shape index (κ3) is 6.53. The van der Waals surface area contributed by atoms with Gasteiger partial charge in [0.25, 0.3) is 0 Å². The first-order valence-electron chi connectivity index (χ1n) is 10.2. The molecule has 3 N–H and O–H groups in total. The van der Waals surface area contributed by atoms with Crippen molar-refractivity contribution >= 4 is 23.6 Å². The van der Waals surface area contributed by atoms with Crippen LogP contribution in [0.3, 0.4) is 0 Å². The van der Waals surface area contributed by atoms with Crippen LogP contribution in [0.4, 0.5) is 0 Å². The van der Waals surface area contributed by atoms with Gasteiger partial charge in [-0.25, -0.2) is 9.97 Å². The molecule has 0 aliphatic carbocycles. The van der Waals surface area contributed by atoms with Crippen molar-refractivity contribution in [1.82, 2.24) is 20.2 Å². The molecule has 160 valence electrons. The first kappa shape index (κ1) is 22.2. The number of carbonyl (C=O) groups is 2. The van der Waals surface area contributed by atoms with Crippen LogP contribution in [-0.2, 0) is 22.6 Å². The Hall–Kier alpha value is -2.45. The van der Waals surface area contributed by atoms with E-state index in [0.29, 0.717) is 18.0 Å². The molecule has 0 radical (unpaired) electrons. The number of nitrogens with one attached hydrogen (secondary N) is 1. The zero-order chi connectivity index (χ0) is 21.5. The third-order valence-electron chi connectivity index (χ3n) is 5.23. The minimum absolute atomic E-state index is 0.0625. The van der Waals surface area contributed by atoms with Gasteiger partial charge in [0.2, 0.25) is 11.8 Å². The molecule has 7 nitrogen and oxygen atoms in total. The van der Waals surface area contributed by atoms with Crippen molar-refractivity contribution in [3.63, 3.8) is 0 Å². The number of nitrogens with zero attached hydrogens (tertiary/aromatic N) is 3. The number of rotatable bonds is 9. The molecule has 2 amide bonds. The van der Waals surface area contributed by atoms with Crippen molar-refractivity contribution in [3.05, 3.63) is 52.8 Å². The number of nitrogens with two attached hydrogens (primary N) is 1. The molecule has 0 saturated carbocycles. The lowest BCUT2D eigenvalue weighted by Crippen LogP contribution is -2.37. The SMILES string of the molecule is Cc1nc(SCC(N)=O)nc(C)c1CCC(=O)N[C@@H]1CCN(Cc2ccccc2)C1. The molecule has 1 aliphatic heterocycles. The predicted molar refractivity (Wildman–Crippen MR) is 118 cm³/mol. The molecule has 1 atom stereocenters. The fourth-order valence-corrected chi connectivity index (χ4v) is 4.42. The van der Waals surface area contributed by atoms with Crippen LogP contribution in [0.1, 0.15) is 35.4 Å². The molecule has 1 saturated heterocycles. The summed E-state index contributed by atoms with van der Waals surface area (Å²) in [5.74, 6) is -0.176. The molecule has 0 unspecified atom stereocenters. The van der Waals surface area contributed by atoms with Crippen molar-refractivity contribution < 1.29 is 9.59 Å². The average Bonchev–Trinajstić information content (AvgIpc) is 3.13. The van der Waals surface area contributed by atoms with Gasteiger partial charge in [0.05, 0.1) is 5.75 Å². The Labute approximate surface area is 181 Å². The van der Waals surface area contributed by atoms with Gasteiger partial charge in [-0.05, 0) is 37.8 Å². The molecule has 1 aromatic carbocycles. The monoisotopic (exact) mass is 427 g/mol. The fourth-order valence-electron chi connectivity index (χ4n) is 3.74. The third-order valence-corrected chi connectivity index (χ3v) is 6.10. The van der Waals surface area contributed by atoms with Crippen LogP contribution < -0.4 is 11.1 Å². The van der Waals surface area contributed by atoms with Crippen LogP contribution in [0.15, 0.2) is 35.5 Å². The number of hydrogen-bond acceptors (Lipinski definition) is 6. The van der Waals surface area contributed by atoms with Crippen LogP contribution in [0.25, 0.3) is 0 Å². The van der Waals surface area contributed by atoms with E-state index in [-0.39, 0.29) is 17.7 Å². The second-order valence-electron chi connectivity index (χ2n) is 7.68. The number of carbonyl (C=O) groups excluding carboxylic acids is 2. The summed E-state index contributed by atoms with van der Waals surface area (Å²) in [7, 11) is 0.